The van der Waals surface area contributed by atoms with Gasteiger partial charge in [0.1, 0.15) is 0 Å². The largest absolute Gasteiger partial charge is 0.357 e. The van der Waals surface area contributed by atoms with E-state index in [9.17, 15) is 0 Å². The van der Waals surface area contributed by atoms with Crippen LogP contribution in [0.2, 0.25) is 0 Å². The minimum atomic E-state index is 0.189. The molecule has 0 saturated carbocycles. The molecule has 0 bridgehead atoms. The molecule has 0 fully saturated rings. The number of aliphatic imine (C=N–C) groups is 1. The highest BCUT2D eigenvalue weighted by Gasteiger charge is 2.16. The lowest BCUT2D eigenvalue weighted by Gasteiger charge is -2.24. The third kappa shape index (κ3) is 8.15. The number of nitrogens with zero attached hydrogens (tertiary/aromatic N) is 2. The van der Waals surface area contributed by atoms with Crippen LogP contribution in [0.15, 0.2) is 29.3 Å². The molecule has 0 unspecified atom stereocenters. The van der Waals surface area contributed by atoms with Crippen molar-refractivity contribution in [2.45, 2.75) is 58.5 Å². The van der Waals surface area contributed by atoms with E-state index < -0.39 is 0 Å². The maximum absolute atomic E-state index is 4.80. The number of guanidine groups is 1. The van der Waals surface area contributed by atoms with Crippen LogP contribution in [0.25, 0.3) is 0 Å². The zero-order chi connectivity index (χ0) is 18.9. The van der Waals surface area contributed by atoms with E-state index in [-0.39, 0.29) is 4.75 Å². The first kappa shape index (κ1) is 21.8. The Labute approximate surface area is 158 Å². The van der Waals surface area contributed by atoms with E-state index in [4.69, 9.17) is 4.99 Å². The minimum Gasteiger partial charge on any atom is -0.357 e. The van der Waals surface area contributed by atoms with E-state index in [1.165, 1.54) is 11.1 Å². The topological polar surface area (TPSA) is 39.7 Å². The summed E-state index contributed by atoms with van der Waals surface area (Å²) in [5.74, 6) is 0.886. The highest BCUT2D eigenvalue weighted by Crippen LogP contribution is 2.19. The fraction of sp³-hybridized carbons (Fsp3) is 0.650. The molecule has 0 radical (unpaired) electrons. The third-order valence-corrected chi connectivity index (χ3v) is 5.66. The molecule has 0 amide bonds. The van der Waals surface area contributed by atoms with Crippen LogP contribution in [0.5, 0.6) is 0 Å². The van der Waals surface area contributed by atoms with Gasteiger partial charge in [-0.1, -0.05) is 24.3 Å². The predicted molar refractivity (Wildman–Crippen MR) is 113 cm³/mol. The Kier molecular flexibility index (Phi) is 9.36. The molecule has 4 nitrogen and oxygen atoms in total. The molecule has 0 atom stereocenters. The van der Waals surface area contributed by atoms with E-state index in [0.717, 1.165) is 25.6 Å². The molecule has 25 heavy (non-hydrogen) atoms. The van der Waals surface area contributed by atoms with E-state index in [2.05, 4.69) is 87.7 Å². The fourth-order valence-corrected chi connectivity index (χ4v) is 2.41. The number of benzene rings is 1. The third-order valence-electron chi connectivity index (χ3n) is 4.41. The Morgan fingerprint density at radius 3 is 2.40 bits per heavy atom. The quantitative estimate of drug-likeness (QED) is 0.517. The van der Waals surface area contributed by atoms with Crippen LogP contribution < -0.4 is 10.6 Å². The van der Waals surface area contributed by atoms with Gasteiger partial charge in [-0.2, -0.15) is 11.8 Å². The van der Waals surface area contributed by atoms with Crippen molar-refractivity contribution in [1.29, 1.82) is 0 Å². The Balaban J connectivity index is 2.82. The van der Waals surface area contributed by atoms with Gasteiger partial charge >= 0.3 is 0 Å². The molecule has 0 saturated heterocycles. The van der Waals surface area contributed by atoms with Crippen LogP contribution >= 0.6 is 11.8 Å². The summed E-state index contributed by atoms with van der Waals surface area (Å²) in [5.41, 5.74) is 2.64. The molecular formula is C20H36N4S. The number of hydrogen-bond acceptors (Lipinski definition) is 3. The van der Waals surface area contributed by atoms with Crippen molar-refractivity contribution >= 4 is 17.7 Å². The smallest absolute Gasteiger partial charge is 0.191 e. The average molecular weight is 365 g/mol. The second-order valence-corrected chi connectivity index (χ2v) is 8.80. The van der Waals surface area contributed by atoms with Crippen LogP contribution in [0.4, 0.5) is 0 Å². The lowest BCUT2D eigenvalue weighted by atomic mass is 10.1. The summed E-state index contributed by atoms with van der Waals surface area (Å²) in [7, 11) is 2.17. The van der Waals surface area contributed by atoms with Crippen LogP contribution in [0, 0.1) is 0 Å². The molecule has 0 spiro atoms. The molecule has 0 aliphatic heterocycles. The molecule has 0 aromatic heterocycles. The standard InChI is InChI=1S/C20H36N4S/c1-8-21-19(23-15-20(4,5)25-7)22-13-17-11-9-10-12-18(17)14-24(6)16(2)3/h9-12,16H,8,13-15H2,1-7H3,(H2,21,22,23). The van der Waals surface area contributed by atoms with Crippen LogP contribution in [0.1, 0.15) is 45.7 Å². The summed E-state index contributed by atoms with van der Waals surface area (Å²) in [4.78, 5) is 7.15. The molecule has 0 heterocycles. The number of thioether (sulfide) groups is 1. The number of nitrogens with one attached hydrogen (secondary N) is 2. The van der Waals surface area contributed by atoms with Gasteiger partial charge in [0.15, 0.2) is 5.96 Å². The summed E-state index contributed by atoms with van der Waals surface area (Å²) in [6.07, 6.45) is 2.15. The summed E-state index contributed by atoms with van der Waals surface area (Å²) >= 11 is 1.86. The maximum Gasteiger partial charge on any atom is 0.191 e. The first-order chi connectivity index (χ1) is 11.8. The van der Waals surface area contributed by atoms with Crippen LogP contribution in [-0.2, 0) is 13.1 Å². The molecule has 1 aromatic rings. The van der Waals surface area contributed by atoms with Crippen molar-refractivity contribution in [3.63, 3.8) is 0 Å². The van der Waals surface area contributed by atoms with E-state index in [1.807, 2.05) is 11.8 Å². The highest BCUT2D eigenvalue weighted by atomic mass is 32.2. The Bertz CT molecular complexity index is 540. The highest BCUT2D eigenvalue weighted by molar-refractivity contribution is 7.99. The van der Waals surface area contributed by atoms with Crippen LogP contribution in [0.3, 0.4) is 0 Å². The first-order valence-electron chi connectivity index (χ1n) is 9.13. The van der Waals surface area contributed by atoms with Gasteiger partial charge in [0.25, 0.3) is 0 Å². The van der Waals surface area contributed by atoms with Crippen molar-refractivity contribution < 1.29 is 0 Å². The zero-order valence-corrected chi connectivity index (χ0v) is 17.8. The Morgan fingerprint density at radius 1 is 1.20 bits per heavy atom. The first-order valence-corrected chi connectivity index (χ1v) is 10.4. The molecule has 2 N–H and O–H groups in total. The number of hydrogen-bond donors (Lipinski definition) is 2. The Hall–Kier alpha value is -1.20. The van der Waals surface area contributed by atoms with Gasteiger partial charge in [-0.05, 0) is 59.0 Å². The van der Waals surface area contributed by atoms with Crippen molar-refractivity contribution in [1.82, 2.24) is 15.5 Å². The van der Waals surface area contributed by atoms with Crippen LogP contribution in [-0.4, -0.2) is 48.0 Å². The molecule has 5 heteroatoms. The number of rotatable bonds is 9. The second-order valence-electron chi connectivity index (χ2n) is 7.29. The van der Waals surface area contributed by atoms with E-state index in [1.54, 1.807) is 0 Å². The zero-order valence-electron chi connectivity index (χ0n) is 17.0. The summed E-state index contributed by atoms with van der Waals surface area (Å²) in [5, 5.41) is 6.82. The minimum absolute atomic E-state index is 0.189. The van der Waals surface area contributed by atoms with E-state index in [0.29, 0.717) is 12.6 Å². The fourth-order valence-electron chi connectivity index (χ4n) is 2.19. The van der Waals surface area contributed by atoms with Crippen molar-refractivity contribution in [3.8, 4) is 0 Å². The van der Waals surface area contributed by atoms with Crippen molar-refractivity contribution in [2.75, 3.05) is 26.4 Å². The van der Waals surface area contributed by atoms with Gasteiger partial charge in [0.05, 0.1) is 6.54 Å². The summed E-state index contributed by atoms with van der Waals surface area (Å²) in [6.45, 7) is 14.4. The average Bonchev–Trinajstić information content (AvgIpc) is 2.58. The molecule has 142 valence electrons. The molecule has 0 aliphatic carbocycles. The van der Waals surface area contributed by atoms with Gasteiger partial charge in [0.2, 0.25) is 0 Å². The summed E-state index contributed by atoms with van der Waals surface area (Å²) < 4.78 is 0.189. The monoisotopic (exact) mass is 364 g/mol. The van der Waals surface area contributed by atoms with Gasteiger partial charge in [-0.25, -0.2) is 4.99 Å². The van der Waals surface area contributed by atoms with Gasteiger partial charge in [0, 0.05) is 30.4 Å². The molecule has 0 aliphatic rings. The van der Waals surface area contributed by atoms with Crippen molar-refractivity contribution in [3.05, 3.63) is 35.4 Å². The summed E-state index contributed by atoms with van der Waals surface area (Å²) in [6, 6.07) is 9.13. The van der Waals surface area contributed by atoms with Gasteiger partial charge in [-0.15, -0.1) is 0 Å². The van der Waals surface area contributed by atoms with Gasteiger partial charge < -0.3 is 10.6 Å². The van der Waals surface area contributed by atoms with E-state index >= 15 is 0 Å². The maximum atomic E-state index is 4.80. The van der Waals surface area contributed by atoms with Crippen molar-refractivity contribution in [2.24, 2.45) is 4.99 Å². The predicted octanol–water partition coefficient (Wildman–Crippen LogP) is 3.72. The second kappa shape index (κ2) is 10.7. The lowest BCUT2D eigenvalue weighted by molar-refractivity contribution is 0.265. The SMILES string of the molecule is CCNC(=NCc1ccccc1CN(C)C(C)C)NCC(C)(C)SC. The lowest BCUT2D eigenvalue weighted by Crippen LogP contribution is -2.43. The molecular weight excluding hydrogens is 328 g/mol. The molecule has 1 rings (SSSR count). The molecule has 1 aromatic carbocycles. The Morgan fingerprint density at radius 2 is 1.84 bits per heavy atom. The van der Waals surface area contributed by atoms with Gasteiger partial charge in [-0.3, -0.25) is 4.90 Å². The normalized spacial score (nSPS) is 12.8.